The number of amides is 1. The molecule has 106 valence electrons. The number of aromatic nitrogens is 1. The number of nitrogens with one attached hydrogen (secondary N) is 2. The first kappa shape index (κ1) is 15.0. The summed E-state index contributed by atoms with van der Waals surface area (Å²) in [4.78, 5) is 17.5. The minimum atomic E-state index is -0.136. The Labute approximate surface area is 129 Å². The van der Waals surface area contributed by atoms with Crippen molar-refractivity contribution in [1.29, 1.82) is 0 Å². The number of anilines is 1. The molecule has 0 fully saturated rings. The normalized spacial score (nSPS) is 10.3. The average Bonchev–Trinajstić information content (AvgIpc) is 2.89. The molecule has 4 N–H and O–H groups in total. The van der Waals surface area contributed by atoms with Crippen LogP contribution in [0.5, 0.6) is 0 Å². The van der Waals surface area contributed by atoms with Gasteiger partial charge >= 0.3 is 0 Å². The lowest BCUT2D eigenvalue weighted by molar-refractivity contribution is 0.0951. The molecule has 0 aromatic carbocycles. The fourth-order valence-corrected chi connectivity index (χ4v) is 3.11. The van der Waals surface area contributed by atoms with E-state index < -0.39 is 0 Å². The molecule has 2 heterocycles. The van der Waals surface area contributed by atoms with Crippen molar-refractivity contribution in [1.82, 2.24) is 10.3 Å². The molecule has 0 aliphatic heterocycles. The van der Waals surface area contributed by atoms with E-state index in [1.54, 1.807) is 23.5 Å². The van der Waals surface area contributed by atoms with E-state index in [-0.39, 0.29) is 5.91 Å². The van der Waals surface area contributed by atoms with E-state index in [1.807, 2.05) is 19.1 Å². The van der Waals surface area contributed by atoms with E-state index in [0.29, 0.717) is 17.9 Å². The van der Waals surface area contributed by atoms with Crippen molar-refractivity contribution in [2.45, 2.75) is 19.9 Å². The third-order valence-corrected chi connectivity index (χ3v) is 4.33. The first-order chi connectivity index (χ1) is 9.62. The molecule has 0 saturated heterocycles. The number of halogens is 1. The third-order valence-electron chi connectivity index (χ3n) is 2.70. The standard InChI is InChI=1S/C13H15BrN4OS/c1-2-9-5-8(6-12(17-9)18-15)13(19)16-7-10-3-4-11(14)20-10/h3-6H,2,7,15H2,1H3,(H,16,19)(H,17,18). The molecular formula is C13H15BrN4OS. The summed E-state index contributed by atoms with van der Waals surface area (Å²) in [5.41, 5.74) is 3.86. The number of thiophene rings is 1. The number of nitrogen functional groups attached to an aromatic ring is 1. The zero-order valence-electron chi connectivity index (χ0n) is 10.9. The summed E-state index contributed by atoms with van der Waals surface area (Å²) >= 11 is 4.99. The number of carbonyl (C=O) groups excluding carboxylic acids is 1. The number of hydrazine groups is 1. The molecule has 5 nitrogen and oxygen atoms in total. The van der Waals surface area contributed by atoms with Crippen LogP contribution in [0, 0.1) is 0 Å². The fraction of sp³-hybridized carbons (Fsp3) is 0.231. The highest BCUT2D eigenvalue weighted by Crippen LogP contribution is 2.21. The topological polar surface area (TPSA) is 80.0 Å². The molecule has 0 radical (unpaired) electrons. The summed E-state index contributed by atoms with van der Waals surface area (Å²) < 4.78 is 1.05. The third kappa shape index (κ3) is 3.78. The second kappa shape index (κ2) is 6.83. The van der Waals surface area contributed by atoms with Crippen LogP contribution in [0.2, 0.25) is 0 Å². The molecular weight excluding hydrogens is 340 g/mol. The number of carbonyl (C=O) groups is 1. The molecule has 0 atom stereocenters. The highest BCUT2D eigenvalue weighted by atomic mass is 79.9. The maximum Gasteiger partial charge on any atom is 0.251 e. The second-order valence-electron chi connectivity index (χ2n) is 4.12. The molecule has 0 bridgehead atoms. The molecule has 2 aromatic rings. The van der Waals surface area contributed by atoms with Gasteiger partial charge in [0.15, 0.2) is 0 Å². The van der Waals surface area contributed by atoms with Crippen LogP contribution >= 0.6 is 27.3 Å². The fourth-order valence-electron chi connectivity index (χ4n) is 1.69. The highest BCUT2D eigenvalue weighted by molar-refractivity contribution is 9.11. The van der Waals surface area contributed by atoms with Crippen LogP contribution in [0.15, 0.2) is 28.1 Å². The van der Waals surface area contributed by atoms with E-state index >= 15 is 0 Å². The summed E-state index contributed by atoms with van der Waals surface area (Å²) in [6.07, 6.45) is 0.744. The van der Waals surface area contributed by atoms with Crippen LogP contribution < -0.4 is 16.6 Å². The van der Waals surface area contributed by atoms with Gasteiger partial charge in [0.05, 0.1) is 10.3 Å². The van der Waals surface area contributed by atoms with Crippen molar-refractivity contribution < 1.29 is 4.79 Å². The van der Waals surface area contributed by atoms with Crippen LogP contribution in [-0.4, -0.2) is 10.9 Å². The zero-order valence-corrected chi connectivity index (χ0v) is 13.3. The lowest BCUT2D eigenvalue weighted by atomic mass is 10.2. The Hall–Kier alpha value is -1.44. The monoisotopic (exact) mass is 354 g/mol. The number of pyridine rings is 1. The highest BCUT2D eigenvalue weighted by Gasteiger charge is 2.09. The van der Waals surface area contributed by atoms with Gasteiger partial charge in [0.2, 0.25) is 0 Å². The van der Waals surface area contributed by atoms with Crippen LogP contribution in [0.25, 0.3) is 0 Å². The van der Waals surface area contributed by atoms with E-state index in [1.165, 1.54) is 0 Å². The molecule has 0 saturated carbocycles. The molecule has 0 aliphatic rings. The van der Waals surface area contributed by atoms with E-state index in [0.717, 1.165) is 20.8 Å². The van der Waals surface area contributed by atoms with Crippen LogP contribution in [0.1, 0.15) is 27.9 Å². The summed E-state index contributed by atoms with van der Waals surface area (Å²) in [5, 5.41) is 2.89. The zero-order chi connectivity index (χ0) is 14.5. The minimum Gasteiger partial charge on any atom is -0.347 e. The molecule has 2 aromatic heterocycles. The Morgan fingerprint density at radius 3 is 2.85 bits per heavy atom. The van der Waals surface area contributed by atoms with Crippen molar-refractivity contribution >= 4 is 39.0 Å². The Kier molecular flexibility index (Phi) is 5.11. The number of aryl methyl sites for hydroxylation is 1. The van der Waals surface area contributed by atoms with Gasteiger partial charge in [-0.3, -0.25) is 4.79 Å². The summed E-state index contributed by atoms with van der Waals surface area (Å²) in [6, 6.07) is 7.36. The van der Waals surface area contributed by atoms with Gasteiger partial charge in [-0.1, -0.05) is 6.92 Å². The van der Waals surface area contributed by atoms with Gasteiger partial charge in [-0.2, -0.15) is 0 Å². The number of nitrogens with zero attached hydrogens (tertiary/aromatic N) is 1. The lowest BCUT2D eigenvalue weighted by Gasteiger charge is -2.08. The average molecular weight is 355 g/mol. The Morgan fingerprint density at radius 1 is 1.45 bits per heavy atom. The number of hydrogen-bond donors (Lipinski definition) is 3. The lowest BCUT2D eigenvalue weighted by Crippen LogP contribution is -2.23. The van der Waals surface area contributed by atoms with Gasteiger partial charge in [0, 0.05) is 16.1 Å². The molecule has 0 aliphatic carbocycles. The summed E-state index contributed by atoms with van der Waals surface area (Å²) in [6.45, 7) is 2.48. The Morgan fingerprint density at radius 2 is 2.25 bits per heavy atom. The predicted octanol–water partition coefficient (Wildman–Crippen LogP) is 2.68. The number of hydrogen-bond acceptors (Lipinski definition) is 5. The molecule has 2 rings (SSSR count). The summed E-state index contributed by atoms with van der Waals surface area (Å²) in [7, 11) is 0. The number of nitrogens with two attached hydrogens (primary N) is 1. The maximum absolute atomic E-state index is 12.1. The minimum absolute atomic E-state index is 0.136. The molecule has 0 unspecified atom stereocenters. The Balaban J connectivity index is 2.08. The maximum atomic E-state index is 12.1. The molecule has 1 amide bonds. The molecule has 20 heavy (non-hydrogen) atoms. The second-order valence-corrected chi connectivity index (χ2v) is 6.67. The van der Waals surface area contributed by atoms with Crippen LogP contribution in [-0.2, 0) is 13.0 Å². The van der Waals surface area contributed by atoms with Crippen molar-refractivity contribution in [3.05, 3.63) is 44.2 Å². The first-order valence-electron chi connectivity index (χ1n) is 6.12. The SMILES string of the molecule is CCc1cc(C(=O)NCc2ccc(Br)s2)cc(NN)n1. The smallest absolute Gasteiger partial charge is 0.251 e. The van der Waals surface area contributed by atoms with E-state index in [2.05, 4.69) is 31.7 Å². The van der Waals surface area contributed by atoms with E-state index in [9.17, 15) is 4.79 Å². The van der Waals surface area contributed by atoms with Crippen LogP contribution in [0.4, 0.5) is 5.82 Å². The van der Waals surface area contributed by atoms with Gasteiger partial charge in [-0.25, -0.2) is 10.8 Å². The van der Waals surface area contributed by atoms with Gasteiger partial charge in [-0.15, -0.1) is 11.3 Å². The van der Waals surface area contributed by atoms with Gasteiger partial charge in [-0.05, 0) is 46.6 Å². The predicted molar refractivity (Wildman–Crippen MR) is 84.6 cm³/mol. The van der Waals surface area contributed by atoms with E-state index in [4.69, 9.17) is 5.84 Å². The van der Waals surface area contributed by atoms with Crippen molar-refractivity contribution in [2.24, 2.45) is 5.84 Å². The first-order valence-corrected chi connectivity index (χ1v) is 7.73. The Bertz CT molecular complexity index is 592. The largest absolute Gasteiger partial charge is 0.347 e. The molecule has 0 spiro atoms. The van der Waals surface area contributed by atoms with Gasteiger partial charge < -0.3 is 10.7 Å². The number of rotatable bonds is 5. The van der Waals surface area contributed by atoms with Gasteiger partial charge in [0.25, 0.3) is 5.91 Å². The quantitative estimate of drug-likeness (QED) is 0.569. The molecule has 7 heteroatoms. The van der Waals surface area contributed by atoms with Crippen molar-refractivity contribution in [3.63, 3.8) is 0 Å². The van der Waals surface area contributed by atoms with Crippen molar-refractivity contribution in [3.8, 4) is 0 Å². The summed E-state index contributed by atoms with van der Waals surface area (Å²) in [5.74, 6) is 5.72. The van der Waals surface area contributed by atoms with Crippen LogP contribution in [0.3, 0.4) is 0 Å². The van der Waals surface area contributed by atoms with Gasteiger partial charge in [0.1, 0.15) is 5.82 Å². The van der Waals surface area contributed by atoms with Crippen molar-refractivity contribution in [2.75, 3.05) is 5.43 Å².